The zero-order chi connectivity index (χ0) is 18.1. The number of carbonyl (C=O) groups excluding carboxylic acids is 1. The molecule has 3 heterocycles. The van der Waals surface area contributed by atoms with Gasteiger partial charge in [0, 0.05) is 12.6 Å². The van der Waals surface area contributed by atoms with Crippen LogP contribution >= 0.6 is 23.1 Å². The fraction of sp³-hybridized carbons (Fsp3) is 0.667. The molecule has 1 saturated heterocycles. The minimum Gasteiger partial charge on any atom is -0.410 e. The fourth-order valence-corrected chi connectivity index (χ4v) is 5.72. The van der Waals surface area contributed by atoms with Crippen molar-refractivity contribution in [3.8, 4) is 10.8 Å². The molecule has 0 aromatic carbocycles. The summed E-state index contributed by atoms with van der Waals surface area (Å²) in [7, 11) is 0. The van der Waals surface area contributed by atoms with Crippen LogP contribution in [0.1, 0.15) is 49.2 Å². The smallest absolute Gasteiger partial charge is 0.277 e. The number of hydrogen-bond donors (Lipinski definition) is 0. The summed E-state index contributed by atoms with van der Waals surface area (Å²) >= 11 is 2.89. The minimum absolute atomic E-state index is 0.205. The van der Waals surface area contributed by atoms with E-state index in [9.17, 15) is 4.79 Å². The molecular formula is C18H24N4O2S2. The summed E-state index contributed by atoms with van der Waals surface area (Å²) in [6.07, 6.45) is 7.42. The average Bonchev–Trinajstić information content (AvgIpc) is 3.25. The minimum atomic E-state index is 0.205. The maximum atomic E-state index is 12.8. The first-order chi connectivity index (χ1) is 12.6. The molecule has 26 heavy (non-hydrogen) atoms. The van der Waals surface area contributed by atoms with Crippen molar-refractivity contribution in [3.05, 3.63) is 10.7 Å². The third-order valence-electron chi connectivity index (χ3n) is 5.39. The Labute approximate surface area is 161 Å². The molecule has 1 aliphatic heterocycles. The van der Waals surface area contributed by atoms with Crippen molar-refractivity contribution in [2.45, 2.75) is 63.6 Å². The van der Waals surface area contributed by atoms with Crippen molar-refractivity contribution >= 4 is 29.0 Å². The first-order valence-corrected chi connectivity index (χ1v) is 11.1. The molecule has 8 heteroatoms. The number of fused-ring (bicyclic) bond motifs is 1. The second kappa shape index (κ2) is 7.68. The Bertz CT molecular complexity index is 786. The number of amides is 1. The van der Waals surface area contributed by atoms with Crippen LogP contribution in [-0.2, 0) is 4.79 Å². The predicted molar refractivity (Wildman–Crippen MR) is 102 cm³/mol. The van der Waals surface area contributed by atoms with Gasteiger partial charge in [-0.2, -0.15) is 0 Å². The lowest BCUT2D eigenvalue weighted by Gasteiger charge is -2.44. The summed E-state index contributed by atoms with van der Waals surface area (Å²) in [4.78, 5) is 20.2. The molecule has 2 aromatic rings. The Morgan fingerprint density at radius 2 is 2.04 bits per heavy atom. The van der Waals surface area contributed by atoms with Gasteiger partial charge in [0.2, 0.25) is 5.91 Å². The predicted octanol–water partition coefficient (Wildman–Crippen LogP) is 4.08. The Morgan fingerprint density at radius 3 is 2.85 bits per heavy atom. The normalized spacial score (nSPS) is 23.1. The first kappa shape index (κ1) is 18.0. The summed E-state index contributed by atoms with van der Waals surface area (Å²) in [5.74, 6) is 1.77. The number of thiazole rings is 1. The third kappa shape index (κ3) is 3.67. The summed E-state index contributed by atoms with van der Waals surface area (Å²) < 4.78 is 5.75. The van der Waals surface area contributed by atoms with Gasteiger partial charge >= 0.3 is 0 Å². The van der Waals surface area contributed by atoms with E-state index in [4.69, 9.17) is 4.42 Å². The Hall–Kier alpha value is -1.41. The summed E-state index contributed by atoms with van der Waals surface area (Å²) in [6, 6.07) is 0.451. The number of piperidine rings is 1. The van der Waals surface area contributed by atoms with Gasteiger partial charge in [0.05, 0.1) is 16.5 Å². The van der Waals surface area contributed by atoms with Crippen molar-refractivity contribution in [1.82, 2.24) is 20.1 Å². The molecule has 2 atom stereocenters. The molecule has 4 rings (SSSR count). The van der Waals surface area contributed by atoms with Crippen LogP contribution in [0.2, 0.25) is 0 Å². The molecule has 6 nitrogen and oxygen atoms in total. The standard InChI is InChI=1S/C18H24N4O2S2/c1-11-16(26-12(2)19-11)17-20-21-18(24-17)25-10-15(23)22-9-5-7-13-6-3-4-8-14(13)22/h13-14H,3-10H2,1-2H3. The number of aryl methyl sites for hydroxylation is 2. The van der Waals surface area contributed by atoms with E-state index >= 15 is 0 Å². The molecule has 140 valence electrons. The van der Waals surface area contributed by atoms with Crippen LogP contribution in [0.3, 0.4) is 0 Å². The maximum absolute atomic E-state index is 12.8. The van der Waals surface area contributed by atoms with E-state index < -0.39 is 0 Å². The van der Waals surface area contributed by atoms with Crippen LogP contribution in [0.25, 0.3) is 10.8 Å². The lowest BCUT2D eigenvalue weighted by Crippen LogP contribution is -2.50. The van der Waals surface area contributed by atoms with Gasteiger partial charge in [-0.15, -0.1) is 21.5 Å². The van der Waals surface area contributed by atoms with E-state index in [1.165, 1.54) is 37.4 Å². The topological polar surface area (TPSA) is 72.1 Å². The van der Waals surface area contributed by atoms with E-state index in [1.54, 1.807) is 11.3 Å². The van der Waals surface area contributed by atoms with Gasteiger partial charge in [0.1, 0.15) is 4.88 Å². The molecule has 0 spiro atoms. The molecule has 2 fully saturated rings. The molecule has 0 radical (unpaired) electrons. The van der Waals surface area contributed by atoms with Crippen LogP contribution in [0, 0.1) is 19.8 Å². The zero-order valence-electron chi connectivity index (χ0n) is 15.2. The highest BCUT2D eigenvalue weighted by molar-refractivity contribution is 7.99. The van der Waals surface area contributed by atoms with Crippen LogP contribution in [0.15, 0.2) is 9.64 Å². The highest BCUT2D eigenvalue weighted by atomic mass is 32.2. The molecule has 1 amide bonds. The van der Waals surface area contributed by atoms with E-state index in [1.807, 2.05) is 13.8 Å². The van der Waals surface area contributed by atoms with E-state index in [0.29, 0.717) is 28.8 Å². The molecule has 1 aliphatic carbocycles. The number of hydrogen-bond acceptors (Lipinski definition) is 7. The fourth-order valence-electron chi connectivity index (χ4n) is 4.23. The second-order valence-electron chi connectivity index (χ2n) is 7.15. The largest absolute Gasteiger partial charge is 0.410 e. The summed E-state index contributed by atoms with van der Waals surface area (Å²) in [5.41, 5.74) is 0.903. The van der Waals surface area contributed by atoms with Crippen molar-refractivity contribution in [2.24, 2.45) is 5.92 Å². The summed E-state index contributed by atoms with van der Waals surface area (Å²) in [5, 5.41) is 9.65. The lowest BCUT2D eigenvalue weighted by molar-refractivity contribution is -0.134. The van der Waals surface area contributed by atoms with Crippen LogP contribution in [0.5, 0.6) is 0 Å². The Balaban J connectivity index is 1.38. The molecule has 2 aromatic heterocycles. The van der Waals surface area contributed by atoms with Crippen LogP contribution in [0.4, 0.5) is 0 Å². The van der Waals surface area contributed by atoms with Gasteiger partial charge in [-0.3, -0.25) is 4.79 Å². The van der Waals surface area contributed by atoms with Crippen molar-refractivity contribution in [2.75, 3.05) is 12.3 Å². The molecule has 2 aliphatic rings. The Morgan fingerprint density at radius 1 is 1.23 bits per heavy atom. The van der Waals surface area contributed by atoms with Crippen molar-refractivity contribution in [3.63, 3.8) is 0 Å². The Kier molecular flexibility index (Phi) is 5.31. The van der Waals surface area contributed by atoms with E-state index in [0.717, 1.165) is 35.0 Å². The number of thioether (sulfide) groups is 1. The maximum Gasteiger partial charge on any atom is 0.277 e. The quantitative estimate of drug-likeness (QED) is 0.730. The third-order valence-corrected chi connectivity index (χ3v) is 7.25. The van der Waals surface area contributed by atoms with Crippen molar-refractivity contribution < 1.29 is 9.21 Å². The monoisotopic (exact) mass is 392 g/mol. The van der Waals surface area contributed by atoms with Gasteiger partial charge in [-0.05, 0) is 45.4 Å². The zero-order valence-corrected chi connectivity index (χ0v) is 16.9. The van der Waals surface area contributed by atoms with Gasteiger partial charge in [0.25, 0.3) is 11.1 Å². The van der Waals surface area contributed by atoms with Crippen LogP contribution < -0.4 is 0 Å². The van der Waals surface area contributed by atoms with E-state index in [-0.39, 0.29) is 5.91 Å². The molecular weight excluding hydrogens is 368 g/mol. The number of likely N-dealkylation sites (tertiary alicyclic amines) is 1. The number of aromatic nitrogens is 3. The average molecular weight is 393 g/mol. The van der Waals surface area contributed by atoms with E-state index in [2.05, 4.69) is 20.1 Å². The number of rotatable bonds is 4. The molecule has 0 N–H and O–H groups in total. The van der Waals surface area contributed by atoms with Crippen molar-refractivity contribution in [1.29, 1.82) is 0 Å². The molecule has 2 unspecified atom stereocenters. The highest BCUT2D eigenvalue weighted by Gasteiger charge is 2.35. The number of carbonyl (C=O) groups is 1. The SMILES string of the molecule is Cc1nc(C)c(-c2nnc(SCC(=O)N3CCCC4CCCCC43)o2)s1. The second-order valence-corrected chi connectivity index (χ2v) is 9.28. The summed E-state index contributed by atoms with van der Waals surface area (Å²) in [6.45, 7) is 4.80. The molecule has 1 saturated carbocycles. The lowest BCUT2D eigenvalue weighted by atomic mass is 9.78. The first-order valence-electron chi connectivity index (χ1n) is 9.32. The van der Waals surface area contributed by atoms with Crippen LogP contribution in [-0.4, -0.2) is 44.3 Å². The number of nitrogens with zero attached hydrogens (tertiary/aromatic N) is 4. The molecule has 0 bridgehead atoms. The van der Waals surface area contributed by atoms with Gasteiger partial charge in [-0.1, -0.05) is 24.6 Å². The van der Waals surface area contributed by atoms with Gasteiger partial charge in [-0.25, -0.2) is 4.98 Å². The highest BCUT2D eigenvalue weighted by Crippen LogP contribution is 2.36. The van der Waals surface area contributed by atoms with Gasteiger partial charge in [0.15, 0.2) is 0 Å². The van der Waals surface area contributed by atoms with Gasteiger partial charge < -0.3 is 9.32 Å².